The van der Waals surface area contributed by atoms with Crippen LogP contribution in [0, 0.1) is 6.92 Å². The molecule has 0 aliphatic carbocycles. The smallest absolute Gasteiger partial charge is 0.254 e. The van der Waals surface area contributed by atoms with Gasteiger partial charge in [-0.25, -0.2) is 4.98 Å². The Morgan fingerprint density at radius 1 is 0.829 bits per heavy atom. The third-order valence-corrected chi connectivity index (χ3v) is 7.20. The lowest BCUT2D eigenvalue weighted by Crippen LogP contribution is -2.38. The van der Waals surface area contributed by atoms with Crippen LogP contribution in [0.5, 0.6) is 0 Å². The largest absolute Gasteiger partial charge is 0.329 e. The minimum Gasteiger partial charge on any atom is -0.329 e. The predicted molar refractivity (Wildman–Crippen MR) is 138 cm³/mol. The van der Waals surface area contributed by atoms with Crippen molar-refractivity contribution >= 4 is 17.2 Å². The number of amides is 1. The molecule has 7 heteroatoms. The Balaban J connectivity index is 1.19. The number of aromatic nitrogens is 4. The van der Waals surface area contributed by atoms with Gasteiger partial charge in [0.15, 0.2) is 11.6 Å². The first kappa shape index (κ1) is 21.4. The Morgan fingerprint density at radius 3 is 2.31 bits per heavy atom. The SMILES string of the molecule is Cc1ccc(-c2nc(-c3nnc4n3CCN(C(=O)c3ccc(-c5ccccc5)cc3)C4)cs2)cc1. The monoisotopic (exact) mass is 477 g/mol. The highest BCUT2D eigenvalue weighted by Crippen LogP contribution is 2.30. The lowest BCUT2D eigenvalue weighted by Gasteiger charge is -2.27. The second-order valence-electron chi connectivity index (χ2n) is 8.67. The average Bonchev–Trinajstić information content (AvgIpc) is 3.56. The van der Waals surface area contributed by atoms with Gasteiger partial charge in [0.25, 0.3) is 5.91 Å². The molecule has 0 saturated carbocycles. The summed E-state index contributed by atoms with van der Waals surface area (Å²) in [5.41, 5.74) is 6.06. The number of hydrogen-bond donors (Lipinski definition) is 0. The van der Waals surface area contributed by atoms with E-state index in [-0.39, 0.29) is 5.91 Å². The number of benzene rings is 3. The molecular weight excluding hydrogens is 454 g/mol. The molecule has 0 N–H and O–H groups in total. The first-order chi connectivity index (χ1) is 17.2. The van der Waals surface area contributed by atoms with Crippen molar-refractivity contribution in [1.29, 1.82) is 0 Å². The number of fused-ring (bicyclic) bond motifs is 1. The van der Waals surface area contributed by atoms with Gasteiger partial charge >= 0.3 is 0 Å². The summed E-state index contributed by atoms with van der Waals surface area (Å²) in [7, 11) is 0. The molecule has 1 aliphatic heterocycles. The van der Waals surface area contributed by atoms with Crippen LogP contribution >= 0.6 is 11.3 Å². The van der Waals surface area contributed by atoms with Crippen LogP contribution in [0.1, 0.15) is 21.7 Å². The molecule has 172 valence electrons. The fourth-order valence-electron chi connectivity index (χ4n) is 4.34. The molecule has 0 atom stereocenters. The van der Waals surface area contributed by atoms with Crippen molar-refractivity contribution in [2.75, 3.05) is 6.54 Å². The normalized spacial score (nSPS) is 13.0. The maximum Gasteiger partial charge on any atom is 0.254 e. The summed E-state index contributed by atoms with van der Waals surface area (Å²) in [5.74, 6) is 1.55. The summed E-state index contributed by atoms with van der Waals surface area (Å²) in [5, 5.41) is 11.8. The van der Waals surface area contributed by atoms with Gasteiger partial charge in [0.2, 0.25) is 0 Å². The molecule has 5 aromatic rings. The number of rotatable bonds is 4. The highest BCUT2D eigenvalue weighted by atomic mass is 32.1. The summed E-state index contributed by atoms with van der Waals surface area (Å²) >= 11 is 1.60. The number of nitrogens with zero attached hydrogens (tertiary/aromatic N) is 5. The van der Waals surface area contributed by atoms with Gasteiger partial charge in [-0.05, 0) is 30.2 Å². The lowest BCUT2D eigenvalue weighted by molar-refractivity contribution is 0.0708. The lowest BCUT2D eigenvalue weighted by atomic mass is 10.0. The predicted octanol–water partition coefficient (Wildman–Crippen LogP) is 5.70. The molecule has 0 spiro atoms. The second-order valence-corrected chi connectivity index (χ2v) is 9.52. The zero-order valence-corrected chi connectivity index (χ0v) is 20.1. The van der Waals surface area contributed by atoms with Gasteiger partial charge in [0.05, 0.1) is 6.54 Å². The Morgan fingerprint density at radius 2 is 1.54 bits per heavy atom. The third kappa shape index (κ3) is 4.15. The molecule has 1 aliphatic rings. The first-order valence-electron chi connectivity index (χ1n) is 11.6. The van der Waals surface area contributed by atoms with Gasteiger partial charge in [0, 0.05) is 29.6 Å². The van der Waals surface area contributed by atoms with Crippen LogP contribution in [0.2, 0.25) is 0 Å². The molecule has 6 rings (SSSR count). The average molecular weight is 478 g/mol. The van der Waals surface area contributed by atoms with E-state index in [4.69, 9.17) is 4.98 Å². The molecule has 6 nitrogen and oxygen atoms in total. The third-order valence-electron chi connectivity index (χ3n) is 6.31. The van der Waals surface area contributed by atoms with Gasteiger partial charge < -0.3 is 9.47 Å². The topological polar surface area (TPSA) is 63.9 Å². The van der Waals surface area contributed by atoms with Crippen molar-refractivity contribution in [1.82, 2.24) is 24.6 Å². The van der Waals surface area contributed by atoms with Gasteiger partial charge in [-0.1, -0.05) is 72.3 Å². The Kier molecular flexibility index (Phi) is 5.47. The fourth-order valence-corrected chi connectivity index (χ4v) is 5.15. The van der Waals surface area contributed by atoms with Gasteiger partial charge in [0.1, 0.15) is 10.7 Å². The maximum atomic E-state index is 13.2. The van der Waals surface area contributed by atoms with Crippen molar-refractivity contribution < 1.29 is 4.79 Å². The summed E-state index contributed by atoms with van der Waals surface area (Å²) in [6.07, 6.45) is 0. The van der Waals surface area contributed by atoms with Crippen molar-refractivity contribution in [3.63, 3.8) is 0 Å². The van der Waals surface area contributed by atoms with Crippen molar-refractivity contribution in [2.45, 2.75) is 20.0 Å². The quantitative estimate of drug-likeness (QED) is 0.333. The minimum atomic E-state index is 0.00993. The van der Waals surface area contributed by atoms with Crippen molar-refractivity contribution in [3.05, 3.63) is 101 Å². The van der Waals surface area contributed by atoms with E-state index in [0.29, 0.717) is 25.2 Å². The van der Waals surface area contributed by atoms with Crippen LogP contribution in [0.3, 0.4) is 0 Å². The minimum absolute atomic E-state index is 0.00993. The number of hydrogen-bond acceptors (Lipinski definition) is 5. The number of carbonyl (C=O) groups is 1. The van der Waals surface area contributed by atoms with Crippen LogP contribution in [-0.4, -0.2) is 37.1 Å². The molecule has 0 saturated heterocycles. The number of thiazole rings is 1. The van der Waals surface area contributed by atoms with E-state index < -0.39 is 0 Å². The fraction of sp³-hybridized carbons (Fsp3) is 0.143. The Bertz CT molecular complexity index is 1490. The summed E-state index contributed by atoms with van der Waals surface area (Å²) in [6, 6.07) is 26.3. The number of carbonyl (C=O) groups excluding carboxylic acids is 1. The van der Waals surface area contributed by atoms with E-state index in [1.54, 1.807) is 11.3 Å². The zero-order valence-electron chi connectivity index (χ0n) is 19.3. The summed E-state index contributed by atoms with van der Waals surface area (Å²) < 4.78 is 2.08. The first-order valence-corrected chi connectivity index (χ1v) is 12.4. The Hall–Kier alpha value is -4.10. The molecule has 2 aromatic heterocycles. The molecular formula is C28H23N5OS. The molecule has 0 unspecified atom stereocenters. The van der Waals surface area contributed by atoms with Crippen LogP contribution in [0.25, 0.3) is 33.2 Å². The molecule has 0 fully saturated rings. The Labute approximate surface area is 207 Å². The highest BCUT2D eigenvalue weighted by molar-refractivity contribution is 7.13. The standard InChI is InChI=1S/C28H23N5OS/c1-19-7-9-22(10-8-19)27-29-24(18-35-27)26-31-30-25-17-32(15-16-33(25)26)28(34)23-13-11-21(12-14-23)20-5-3-2-4-6-20/h2-14,18H,15-17H2,1H3. The summed E-state index contributed by atoms with van der Waals surface area (Å²) in [6.45, 7) is 3.75. The zero-order chi connectivity index (χ0) is 23.8. The highest BCUT2D eigenvalue weighted by Gasteiger charge is 2.26. The maximum absolute atomic E-state index is 13.2. The van der Waals surface area contributed by atoms with Crippen molar-refractivity contribution in [3.8, 4) is 33.2 Å². The summed E-state index contributed by atoms with van der Waals surface area (Å²) in [4.78, 5) is 19.8. The van der Waals surface area contributed by atoms with E-state index in [2.05, 4.69) is 58.1 Å². The molecule has 3 heterocycles. The van der Waals surface area contributed by atoms with E-state index in [1.807, 2.05) is 52.7 Å². The van der Waals surface area contributed by atoms with E-state index in [9.17, 15) is 4.79 Å². The van der Waals surface area contributed by atoms with Crippen LogP contribution in [0.4, 0.5) is 0 Å². The number of aryl methyl sites for hydroxylation is 1. The van der Waals surface area contributed by atoms with Crippen molar-refractivity contribution in [2.24, 2.45) is 0 Å². The molecule has 3 aromatic carbocycles. The van der Waals surface area contributed by atoms with Crippen LogP contribution in [0.15, 0.2) is 84.2 Å². The van der Waals surface area contributed by atoms with E-state index in [0.717, 1.165) is 39.0 Å². The van der Waals surface area contributed by atoms with E-state index >= 15 is 0 Å². The van der Waals surface area contributed by atoms with Gasteiger partial charge in [-0.15, -0.1) is 21.5 Å². The van der Waals surface area contributed by atoms with Crippen LogP contribution in [-0.2, 0) is 13.1 Å². The molecule has 0 radical (unpaired) electrons. The van der Waals surface area contributed by atoms with Gasteiger partial charge in [-0.3, -0.25) is 4.79 Å². The van der Waals surface area contributed by atoms with Gasteiger partial charge in [-0.2, -0.15) is 0 Å². The second kappa shape index (κ2) is 8.92. The van der Waals surface area contributed by atoms with Crippen LogP contribution < -0.4 is 0 Å². The van der Waals surface area contributed by atoms with E-state index in [1.165, 1.54) is 5.56 Å². The molecule has 0 bridgehead atoms. The molecule has 1 amide bonds. The molecule has 35 heavy (non-hydrogen) atoms.